The third kappa shape index (κ3) is 3.63. The maximum Gasteiger partial charge on any atom is 0.308 e. The number of rotatable bonds is 4. The van der Waals surface area contributed by atoms with E-state index in [4.69, 9.17) is 17.0 Å². The number of nitrogens with zero attached hydrogens (tertiary/aromatic N) is 1. The summed E-state index contributed by atoms with van der Waals surface area (Å²) in [4.78, 5) is 39.2. The summed E-state index contributed by atoms with van der Waals surface area (Å²) in [7, 11) is 0. The fraction of sp³-hybridized carbons (Fsp3) is 0.800. The van der Waals surface area contributed by atoms with Crippen LogP contribution in [0.25, 0.3) is 0 Å². The monoisotopic (exact) mass is 407 g/mol. The number of amides is 2. The van der Waals surface area contributed by atoms with E-state index in [-0.39, 0.29) is 35.4 Å². The lowest BCUT2D eigenvalue weighted by Gasteiger charge is -2.55. The van der Waals surface area contributed by atoms with E-state index < -0.39 is 12.0 Å². The molecular formula is C20H29N3O4S. The van der Waals surface area contributed by atoms with Crippen LogP contribution in [0.4, 0.5) is 0 Å². The van der Waals surface area contributed by atoms with Crippen LogP contribution in [-0.4, -0.2) is 53.5 Å². The normalized spacial score (nSPS) is 36.0. The van der Waals surface area contributed by atoms with Crippen LogP contribution in [0.1, 0.15) is 51.9 Å². The molecule has 4 aliphatic carbocycles. The molecule has 0 aromatic rings. The minimum Gasteiger partial charge on any atom is -0.466 e. The molecular weight excluding hydrogens is 378 g/mol. The molecule has 0 radical (unpaired) electrons. The minimum atomic E-state index is -0.739. The third-order valence-electron chi connectivity index (χ3n) is 7.00. The van der Waals surface area contributed by atoms with Crippen LogP contribution < -0.4 is 10.6 Å². The Morgan fingerprint density at radius 1 is 1.21 bits per heavy atom. The molecule has 1 unspecified atom stereocenters. The van der Waals surface area contributed by atoms with Gasteiger partial charge in [-0.15, -0.1) is 0 Å². The van der Waals surface area contributed by atoms with Crippen molar-refractivity contribution >= 4 is 35.1 Å². The molecule has 28 heavy (non-hydrogen) atoms. The minimum absolute atomic E-state index is 0.0115. The van der Waals surface area contributed by atoms with Gasteiger partial charge >= 0.3 is 5.97 Å². The predicted molar refractivity (Wildman–Crippen MR) is 106 cm³/mol. The lowest BCUT2D eigenvalue weighted by Crippen LogP contribution is -2.62. The number of ether oxygens (including phenoxy) is 1. The lowest BCUT2D eigenvalue weighted by molar-refractivity contribution is -0.147. The largest absolute Gasteiger partial charge is 0.466 e. The van der Waals surface area contributed by atoms with Crippen LogP contribution in [0.15, 0.2) is 0 Å². The first kappa shape index (κ1) is 19.6. The summed E-state index contributed by atoms with van der Waals surface area (Å²) in [5.41, 5.74) is -0.298. The zero-order valence-electron chi connectivity index (χ0n) is 16.4. The molecule has 4 bridgehead atoms. The topological polar surface area (TPSA) is 87.7 Å². The summed E-state index contributed by atoms with van der Waals surface area (Å²) >= 11 is 5.51. The third-order valence-corrected chi connectivity index (χ3v) is 7.33. The Kier molecular flexibility index (Phi) is 5.33. The zero-order valence-corrected chi connectivity index (χ0v) is 17.2. The number of nitrogens with one attached hydrogen (secondary N) is 2. The maximum absolute atomic E-state index is 13.2. The van der Waals surface area contributed by atoms with Crippen LogP contribution in [0.2, 0.25) is 0 Å². The number of hydrogen-bond acceptors (Lipinski definition) is 5. The fourth-order valence-corrected chi connectivity index (χ4v) is 6.54. The van der Waals surface area contributed by atoms with Crippen molar-refractivity contribution in [3.05, 3.63) is 0 Å². The maximum atomic E-state index is 13.2. The Balaban J connectivity index is 1.43. The van der Waals surface area contributed by atoms with Gasteiger partial charge < -0.3 is 20.3 Å². The SMILES string of the molecule is CCOC(=O)CC1C(=O)NCCN1C(=S)NC(=O)C12CC3CC(CC(C3)C1)C2. The second-order valence-corrected chi connectivity index (χ2v) is 9.35. The van der Waals surface area contributed by atoms with Gasteiger partial charge in [-0.2, -0.15) is 0 Å². The second-order valence-electron chi connectivity index (χ2n) is 8.97. The van der Waals surface area contributed by atoms with Crippen molar-refractivity contribution in [2.45, 2.75) is 57.9 Å². The van der Waals surface area contributed by atoms with E-state index >= 15 is 0 Å². The van der Waals surface area contributed by atoms with Crippen molar-refractivity contribution < 1.29 is 19.1 Å². The Morgan fingerprint density at radius 2 is 1.82 bits per heavy atom. The molecule has 154 valence electrons. The number of esters is 1. The molecule has 1 atom stereocenters. The number of piperazine rings is 1. The lowest BCUT2D eigenvalue weighted by atomic mass is 9.49. The number of carbonyl (C=O) groups is 3. The summed E-state index contributed by atoms with van der Waals surface area (Å²) in [5.74, 6) is 1.32. The highest BCUT2D eigenvalue weighted by atomic mass is 32.1. The first-order valence-corrected chi connectivity index (χ1v) is 10.9. The summed E-state index contributed by atoms with van der Waals surface area (Å²) in [5, 5.41) is 5.97. The quantitative estimate of drug-likeness (QED) is 0.540. The van der Waals surface area contributed by atoms with Crippen molar-refractivity contribution in [1.82, 2.24) is 15.5 Å². The highest BCUT2D eigenvalue weighted by Gasteiger charge is 2.55. The first-order chi connectivity index (χ1) is 13.4. The molecule has 0 aromatic carbocycles. The van der Waals surface area contributed by atoms with Crippen LogP contribution in [0.3, 0.4) is 0 Å². The van der Waals surface area contributed by atoms with Gasteiger partial charge in [0.25, 0.3) is 0 Å². The molecule has 5 aliphatic rings. The van der Waals surface area contributed by atoms with Gasteiger partial charge in [0, 0.05) is 13.1 Å². The first-order valence-electron chi connectivity index (χ1n) is 10.5. The van der Waals surface area contributed by atoms with Crippen molar-refractivity contribution in [3.8, 4) is 0 Å². The van der Waals surface area contributed by atoms with Gasteiger partial charge in [-0.1, -0.05) is 0 Å². The highest BCUT2D eigenvalue weighted by molar-refractivity contribution is 7.80. The summed E-state index contributed by atoms with van der Waals surface area (Å²) in [6.07, 6.45) is 6.61. The molecule has 1 saturated heterocycles. The molecule has 7 nitrogen and oxygen atoms in total. The van der Waals surface area contributed by atoms with Crippen molar-refractivity contribution in [2.75, 3.05) is 19.7 Å². The molecule has 0 aromatic heterocycles. The molecule has 2 amide bonds. The molecule has 5 fully saturated rings. The van der Waals surface area contributed by atoms with Crippen LogP contribution in [0.5, 0.6) is 0 Å². The van der Waals surface area contributed by atoms with Crippen molar-refractivity contribution in [3.63, 3.8) is 0 Å². The van der Waals surface area contributed by atoms with Crippen LogP contribution in [-0.2, 0) is 19.1 Å². The van der Waals surface area contributed by atoms with Gasteiger partial charge in [0.2, 0.25) is 11.8 Å². The molecule has 0 spiro atoms. The Labute approximate surface area is 170 Å². The Bertz CT molecular complexity index is 660. The van der Waals surface area contributed by atoms with Crippen LogP contribution >= 0.6 is 12.2 Å². The molecule has 8 heteroatoms. The van der Waals surface area contributed by atoms with E-state index in [0.717, 1.165) is 19.3 Å². The zero-order chi connectivity index (χ0) is 19.9. The average molecular weight is 408 g/mol. The molecule has 2 N–H and O–H groups in total. The summed E-state index contributed by atoms with van der Waals surface area (Å²) < 4.78 is 4.99. The summed E-state index contributed by atoms with van der Waals surface area (Å²) in [6, 6.07) is -0.739. The van der Waals surface area contributed by atoms with E-state index in [9.17, 15) is 14.4 Å². The Morgan fingerprint density at radius 3 is 2.39 bits per heavy atom. The van der Waals surface area contributed by atoms with Crippen molar-refractivity contribution in [1.29, 1.82) is 0 Å². The van der Waals surface area contributed by atoms with Gasteiger partial charge in [0.1, 0.15) is 6.04 Å². The van der Waals surface area contributed by atoms with E-state index in [1.165, 1.54) is 19.3 Å². The van der Waals surface area contributed by atoms with E-state index in [1.807, 2.05) is 0 Å². The van der Waals surface area contributed by atoms with Gasteiger partial charge in [0.15, 0.2) is 5.11 Å². The van der Waals surface area contributed by atoms with Crippen LogP contribution in [0, 0.1) is 23.2 Å². The standard InChI is InChI=1S/C20H29N3O4S/c1-2-27-16(24)8-15-17(25)21-3-4-23(15)19(28)22-18(26)20-9-12-5-13(10-20)7-14(6-12)11-20/h12-15H,2-11H2,1H3,(H,21,25)(H,22,26,28). The highest BCUT2D eigenvalue weighted by Crippen LogP contribution is 2.60. The molecule has 5 rings (SSSR count). The number of hydrogen-bond donors (Lipinski definition) is 2. The van der Waals surface area contributed by atoms with Gasteiger partial charge in [0.05, 0.1) is 18.4 Å². The van der Waals surface area contributed by atoms with E-state index in [1.54, 1.807) is 11.8 Å². The molecule has 1 heterocycles. The summed E-state index contributed by atoms with van der Waals surface area (Å²) in [6.45, 7) is 2.90. The Hall–Kier alpha value is -1.70. The number of thiocarbonyl (C=S) groups is 1. The average Bonchev–Trinajstić information content (AvgIpc) is 2.62. The van der Waals surface area contributed by atoms with Gasteiger partial charge in [-0.05, 0) is 75.4 Å². The van der Waals surface area contributed by atoms with E-state index in [0.29, 0.717) is 30.8 Å². The number of carbonyl (C=O) groups excluding carboxylic acids is 3. The van der Waals surface area contributed by atoms with Gasteiger partial charge in [-0.3, -0.25) is 14.4 Å². The predicted octanol–water partition coefficient (Wildman–Crippen LogP) is 1.36. The van der Waals surface area contributed by atoms with E-state index in [2.05, 4.69) is 10.6 Å². The van der Waals surface area contributed by atoms with Gasteiger partial charge in [-0.25, -0.2) is 0 Å². The second kappa shape index (κ2) is 7.61. The molecule has 1 aliphatic heterocycles. The fourth-order valence-electron chi connectivity index (χ4n) is 6.23. The smallest absolute Gasteiger partial charge is 0.308 e. The molecule has 4 saturated carbocycles. The van der Waals surface area contributed by atoms with Crippen molar-refractivity contribution in [2.24, 2.45) is 23.2 Å².